The van der Waals surface area contributed by atoms with Gasteiger partial charge in [-0.15, -0.1) is 11.3 Å². The van der Waals surface area contributed by atoms with Crippen molar-refractivity contribution in [1.82, 2.24) is 0 Å². The van der Waals surface area contributed by atoms with E-state index in [1.807, 2.05) is 36.4 Å². The van der Waals surface area contributed by atoms with Crippen molar-refractivity contribution < 1.29 is 5.11 Å². The number of halogens is 2. The average Bonchev–Trinajstić information content (AvgIpc) is 2.76. The standard InChI is InChI=1S/C15H10Br2OS/c16-13-8-12(15(17)19-13)14(18)11-6-5-9-3-1-2-4-10(9)7-11/h1-8,14,18H. The van der Waals surface area contributed by atoms with Crippen LogP contribution in [0.5, 0.6) is 0 Å². The van der Waals surface area contributed by atoms with Gasteiger partial charge in [0.25, 0.3) is 0 Å². The number of rotatable bonds is 2. The van der Waals surface area contributed by atoms with Gasteiger partial charge in [-0.25, -0.2) is 0 Å². The first kappa shape index (κ1) is 13.3. The highest BCUT2D eigenvalue weighted by atomic mass is 79.9. The number of benzene rings is 2. The molecule has 3 rings (SSSR count). The third kappa shape index (κ3) is 2.63. The molecule has 0 aliphatic carbocycles. The van der Waals surface area contributed by atoms with Gasteiger partial charge in [-0.2, -0.15) is 0 Å². The van der Waals surface area contributed by atoms with Crippen LogP contribution in [0.25, 0.3) is 10.8 Å². The van der Waals surface area contributed by atoms with Crippen LogP contribution in [0.3, 0.4) is 0 Å². The van der Waals surface area contributed by atoms with Crippen LogP contribution in [0.15, 0.2) is 56.1 Å². The molecule has 0 aliphatic rings. The molecule has 0 aliphatic heterocycles. The average molecular weight is 398 g/mol. The van der Waals surface area contributed by atoms with Crippen molar-refractivity contribution in [2.24, 2.45) is 0 Å². The van der Waals surface area contributed by atoms with Crippen LogP contribution in [0.2, 0.25) is 0 Å². The SMILES string of the molecule is OC(c1ccc2ccccc2c1)c1cc(Br)sc1Br. The summed E-state index contributed by atoms with van der Waals surface area (Å²) >= 11 is 8.50. The normalized spacial score (nSPS) is 12.8. The van der Waals surface area contributed by atoms with Gasteiger partial charge < -0.3 is 5.11 Å². The molecule has 0 bridgehead atoms. The largest absolute Gasteiger partial charge is 0.384 e. The zero-order valence-corrected chi connectivity index (χ0v) is 13.8. The Labute approximate surface area is 132 Å². The summed E-state index contributed by atoms with van der Waals surface area (Å²) in [6.45, 7) is 0. The fraction of sp³-hybridized carbons (Fsp3) is 0.0667. The Balaban J connectivity index is 2.06. The van der Waals surface area contributed by atoms with Gasteiger partial charge in [0, 0.05) is 5.56 Å². The van der Waals surface area contributed by atoms with Crippen molar-refractivity contribution in [2.75, 3.05) is 0 Å². The lowest BCUT2D eigenvalue weighted by Gasteiger charge is -2.11. The van der Waals surface area contributed by atoms with E-state index in [-0.39, 0.29) is 0 Å². The summed E-state index contributed by atoms with van der Waals surface area (Å²) in [6, 6.07) is 16.2. The monoisotopic (exact) mass is 396 g/mol. The number of hydrogen-bond donors (Lipinski definition) is 1. The number of fused-ring (bicyclic) bond motifs is 1. The predicted octanol–water partition coefficient (Wildman–Crippen LogP) is 5.51. The second kappa shape index (κ2) is 5.37. The highest BCUT2D eigenvalue weighted by Gasteiger charge is 2.16. The van der Waals surface area contributed by atoms with Crippen LogP contribution in [-0.2, 0) is 0 Å². The molecule has 1 aromatic heterocycles. The molecular weight excluding hydrogens is 388 g/mol. The molecule has 19 heavy (non-hydrogen) atoms. The minimum absolute atomic E-state index is 0.610. The lowest BCUT2D eigenvalue weighted by molar-refractivity contribution is 0.220. The van der Waals surface area contributed by atoms with E-state index in [2.05, 4.69) is 44.0 Å². The smallest absolute Gasteiger partial charge is 0.106 e. The van der Waals surface area contributed by atoms with Gasteiger partial charge in [-0.3, -0.25) is 0 Å². The van der Waals surface area contributed by atoms with Crippen molar-refractivity contribution in [3.8, 4) is 0 Å². The van der Waals surface area contributed by atoms with E-state index < -0.39 is 6.10 Å². The summed E-state index contributed by atoms with van der Waals surface area (Å²) in [7, 11) is 0. The van der Waals surface area contributed by atoms with E-state index in [1.54, 1.807) is 11.3 Å². The molecular formula is C15H10Br2OS. The van der Waals surface area contributed by atoms with Crippen LogP contribution < -0.4 is 0 Å². The quantitative estimate of drug-likeness (QED) is 0.604. The lowest BCUT2D eigenvalue weighted by atomic mass is 10.0. The number of aliphatic hydroxyl groups is 1. The highest BCUT2D eigenvalue weighted by Crippen LogP contribution is 2.38. The fourth-order valence-electron chi connectivity index (χ4n) is 2.10. The molecule has 1 nitrogen and oxygen atoms in total. The maximum atomic E-state index is 10.5. The summed E-state index contributed by atoms with van der Waals surface area (Å²) in [5.74, 6) is 0. The van der Waals surface area contributed by atoms with Gasteiger partial charge in [0.1, 0.15) is 6.10 Å². The fourth-order valence-corrected chi connectivity index (χ4v) is 4.98. The van der Waals surface area contributed by atoms with Gasteiger partial charge in [0.15, 0.2) is 0 Å². The number of thiophene rings is 1. The Kier molecular flexibility index (Phi) is 3.76. The van der Waals surface area contributed by atoms with E-state index in [0.29, 0.717) is 0 Å². The first-order valence-corrected chi connectivity index (χ1v) is 8.17. The molecule has 1 unspecified atom stereocenters. The molecule has 0 saturated carbocycles. The van der Waals surface area contributed by atoms with Crippen LogP contribution in [0.1, 0.15) is 17.2 Å². The van der Waals surface area contributed by atoms with Gasteiger partial charge in [0.05, 0.1) is 7.57 Å². The summed E-state index contributed by atoms with van der Waals surface area (Å²) in [6.07, 6.45) is -0.610. The summed E-state index contributed by atoms with van der Waals surface area (Å²) in [4.78, 5) is 0. The van der Waals surface area contributed by atoms with Gasteiger partial charge in [0.2, 0.25) is 0 Å². The van der Waals surface area contributed by atoms with Crippen LogP contribution >= 0.6 is 43.2 Å². The van der Waals surface area contributed by atoms with E-state index in [1.165, 1.54) is 5.39 Å². The molecule has 0 radical (unpaired) electrons. The minimum Gasteiger partial charge on any atom is -0.384 e. The van der Waals surface area contributed by atoms with Gasteiger partial charge >= 0.3 is 0 Å². The third-order valence-corrected chi connectivity index (χ3v) is 5.45. The molecule has 2 aromatic carbocycles. The van der Waals surface area contributed by atoms with E-state index >= 15 is 0 Å². The zero-order chi connectivity index (χ0) is 13.4. The second-order valence-corrected chi connectivity index (χ2v) is 8.04. The van der Waals surface area contributed by atoms with Crippen LogP contribution in [0.4, 0.5) is 0 Å². The predicted molar refractivity (Wildman–Crippen MR) is 87.7 cm³/mol. The number of hydrogen-bond acceptors (Lipinski definition) is 2. The van der Waals surface area contributed by atoms with E-state index in [4.69, 9.17) is 0 Å². The van der Waals surface area contributed by atoms with Crippen LogP contribution in [-0.4, -0.2) is 5.11 Å². The molecule has 0 fully saturated rings. The molecule has 1 heterocycles. The summed E-state index contributed by atoms with van der Waals surface area (Å²) in [5.41, 5.74) is 1.80. The Hall–Kier alpha value is -0.680. The molecule has 3 aromatic rings. The number of aliphatic hydroxyl groups excluding tert-OH is 1. The van der Waals surface area contributed by atoms with Crippen molar-refractivity contribution in [1.29, 1.82) is 0 Å². The maximum absolute atomic E-state index is 10.5. The van der Waals surface area contributed by atoms with Gasteiger partial charge in [-0.05, 0) is 60.3 Å². The second-order valence-electron chi connectivity index (χ2n) is 4.29. The minimum atomic E-state index is -0.610. The first-order chi connectivity index (χ1) is 9.15. The first-order valence-electron chi connectivity index (χ1n) is 5.76. The Morgan fingerprint density at radius 2 is 1.68 bits per heavy atom. The lowest BCUT2D eigenvalue weighted by Crippen LogP contribution is -1.98. The summed E-state index contributed by atoms with van der Waals surface area (Å²) in [5, 5.41) is 12.8. The van der Waals surface area contributed by atoms with Crippen LogP contribution in [0, 0.1) is 0 Å². The molecule has 4 heteroatoms. The van der Waals surface area contributed by atoms with Crippen molar-refractivity contribution in [2.45, 2.75) is 6.10 Å². The third-order valence-electron chi connectivity index (χ3n) is 3.07. The summed E-state index contributed by atoms with van der Waals surface area (Å²) < 4.78 is 1.97. The molecule has 1 N–H and O–H groups in total. The molecule has 96 valence electrons. The van der Waals surface area contributed by atoms with E-state index in [9.17, 15) is 5.11 Å². The zero-order valence-electron chi connectivity index (χ0n) is 9.81. The van der Waals surface area contributed by atoms with Gasteiger partial charge in [-0.1, -0.05) is 36.4 Å². The molecule has 0 spiro atoms. The molecule has 1 atom stereocenters. The topological polar surface area (TPSA) is 20.2 Å². The van der Waals surface area contributed by atoms with E-state index in [0.717, 1.165) is 24.1 Å². The Morgan fingerprint density at radius 1 is 0.947 bits per heavy atom. The molecule has 0 saturated heterocycles. The Morgan fingerprint density at radius 3 is 2.37 bits per heavy atom. The van der Waals surface area contributed by atoms with Crippen molar-refractivity contribution in [3.63, 3.8) is 0 Å². The van der Waals surface area contributed by atoms with Crippen molar-refractivity contribution >= 4 is 54.0 Å². The van der Waals surface area contributed by atoms with Crippen molar-refractivity contribution in [3.05, 3.63) is 67.2 Å². The maximum Gasteiger partial charge on any atom is 0.106 e. The highest BCUT2D eigenvalue weighted by molar-refractivity contribution is 9.12. The molecule has 0 amide bonds. The Bertz CT molecular complexity index is 736.